The molecule has 0 saturated heterocycles. The van der Waals surface area contributed by atoms with Crippen LogP contribution < -0.4 is 0 Å². The standard InChI is InChI=1S/C27H44O15/c1-4-7-23(34)38-13-18(30)12-37-22(11-29)27(42-17-20(32)15-40-25(36)9-6-3)26(21(33)10-28)41-16-19(31)14-39-24(35)8-5-2/h4-9,18-22,26-33H,10-17H2,1-3H3/t18?,19?,20?,21-,22-,26-,27-/m1/s1. The zero-order valence-electron chi connectivity index (χ0n) is 24.0. The van der Waals surface area contributed by atoms with Crippen molar-refractivity contribution < 1.29 is 73.4 Å². The van der Waals surface area contributed by atoms with Crippen LogP contribution in [0.1, 0.15) is 20.8 Å². The maximum Gasteiger partial charge on any atom is 0.330 e. The Morgan fingerprint density at radius 3 is 1.24 bits per heavy atom. The predicted octanol–water partition coefficient (Wildman–Crippen LogP) is -2.07. The fourth-order valence-corrected chi connectivity index (χ4v) is 3.10. The summed E-state index contributed by atoms with van der Waals surface area (Å²) < 4.78 is 31.3. The molecule has 0 rings (SSSR count). The Labute approximate surface area is 244 Å². The van der Waals surface area contributed by atoms with Crippen molar-refractivity contribution in [2.75, 3.05) is 52.9 Å². The molecule has 0 radical (unpaired) electrons. The van der Waals surface area contributed by atoms with Gasteiger partial charge in [-0.15, -0.1) is 0 Å². The van der Waals surface area contributed by atoms with Crippen LogP contribution >= 0.6 is 0 Å². The minimum atomic E-state index is -1.67. The van der Waals surface area contributed by atoms with E-state index in [9.17, 15) is 45.0 Å². The highest BCUT2D eigenvalue weighted by Crippen LogP contribution is 2.18. The number of esters is 3. The minimum Gasteiger partial charge on any atom is -0.460 e. The predicted molar refractivity (Wildman–Crippen MR) is 145 cm³/mol. The number of carbonyl (C=O) groups excluding carboxylic acids is 3. The van der Waals surface area contributed by atoms with E-state index >= 15 is 0 Å². The minimum absolute atomic E-state index is 0.444. The Balaban J connectivity index is 5.64. The number of ether oxygens (including phenoxy) is 6. The van der Waals surface area contributed by atoms with Gasteiger partial charge in [0.2, 0.25) is 0 Å². The molecule has 0 heterocycles. The summed E-state index contributed by atoms with van der Waals surface area (Å²) in [5.41, 5.74) is 0. The zero-order valence-corrected chi connectivity index (χ0v) is 24.0. The fourth-order valence-electron chi connectivity index (χ4n) is 3.10. The zero-order chi connectivity index (χ0) is 31.9. The molecule has 0 aliphatic heterocycles. The first-order valence-corrected chi connectivity index (χ1v) is 13.2. The number of carbonyl (C=O) groups is 3. The first-order valence-electron chi connectivity index (χ1n) is 13.2. The second-order valence-electron chi connectivity index (χ2n) is 8.75. The third-order valence-electron chi connectivity index (χ3n) is 5.06. The van der Waals surface area contributed by atoms with Gasteiger partial charge >= 0.3 is 17.9 Å². The number of rotatable bonds is 23. The van der Waals surface area contributed by atoms with Crippen molar-refractivity contribution in [3.8, 4) is 0 Å². The van der Waals surface area contributed by atoms with Crippen LogP contribution in [0.4, 0.5) is 0 Å². The maximum atomic E-state index is 11.5. The molecule has 0 aromatic heterocycles. The van der Waals surface area contributed by atoms with Crippen molar-refractivity contribution in [1.29, 1.82) is 0 Å². The van der Waals surface area contributed by atoms with Crippen molar-refractivity contribution in [2.45, 2.75) is 63.5 Å². The van der Waals surface area contributed by atoms with Gasteiger partial charge in [-0.25, -0.2) is 14.4 Å². The van der Waals surface area contributed by atoms with Gasteiger partial charge in [0, 0.05) is 18.2 Å². The van der Waals surface area contributed by atoms with E-state index < -0.39 is 113 Å². The van der Waals surface area contributed by atoms with Gasteiger partial charge in [-0.2, -0.15) is 0 Å². The topological polar surface area (TPSA) is 228 Å². The highest BCUT2D eigenvalue weighted by atomic mass is 16.6. The molecule has 0 amide bonds. The molecule has 42 heavy (non-hydrogen) atoms. The smallest absolute Gasteiger partial charge is 0.330 e. The van der Waals surface area contributed by atoms with E-state index in [2.05, 4.69) is 0 Å². The molecule has 6 N–H and O–H groups in total. The van der Waals surface area contributed by atoms with Crippen LogP contribution in [0.15, 0.2) is 36.5 Å². The highest BCUT2D eigenvalue weighted by Gasteiger charge is 2.38. The summed E-state index contributed by atoms with van der Waals surface area (Å²) >= 11 is 0. The molecule has 0 saturated carbocycles. The van der Waals surface area contributed by atoms with E-state index in [-0.39, 0.29) is 0 Å². The molecule has 0 aliphatic rings. The number of aliphatic hydroxyl groups is 6. The molecule has 7 atom stereocenters. The Hall–Kier alpha value is -2.73. The van der Waals surface area contributed by atoms with Crippen LogP contribution in [0.2, 0.25) is 0 Å². The van der Waals surface area contributed by atoms with Gasteiger partial charge in [0.05, 0.1) is 33.0 Å². The average Bonchev–Trinajstić information content (AvgIpc) is 2.96. The number of aliphatic hydroxyl groups excluding tert-OH is 6. The lowest BCUT2D eigenvalue weighted by Crippen LogP contribution is -2.53. The lowest BCUT2D eigenvalue weighted by molar-refractivity contribution is -0.202. The fraction of sp³-hybridized carbons (Fsp3) is 0.667. The second kappa shape index (κ2) is 23.8. The molecular formula is C27H44O15. The maximum absolute atomic E-state index is 11.5. The third-order valence-corrected chi connectivity index (χ3v) is 5.06. The third kappa shape index (κ3) is 17.9. The van der Waals surface area contributed by atoms with Gasteiger partial charge in [0.1, 0.15) is 62.5 Å². The Morgan fingerprint density at radius 2 is 0.905 bits per heavy atom. The first-order chi connectivity index (χ1) is 20.0. The molecule has 0 bridgehead atoms. The van der Waals surface area contributed by atoms with Gasteiger partial charge in [-0.3, -0.25) is 0 Å². The summed E-state index contributed by atoms with van der Waals surface area (Å²) in [6.45, 7) is 0.236. The van der Waals surface area contributed by atoms with Gasteiger partial charge < -0.3 is 59.1 Å². The summed E-state index contributed by atoms with van der Waals surface area (Å²) in [5, 5.41) is 60.7. The van der Waals surface area contributed by atoms with E-state index in [1.165, 1.54) is 18.2 Å². The van der Waals surface area contributed by atoms with E-state index in [4.69, 9.17) is 28.4 Å². The summed E-state index contributed by atoms with van der Waals surface area (Å²) in [7, 11) is 0. The van der Waals surface area contributed by atoms with Crippen LogP contribution in [-0.4, -0.2) is 144 Å². The highest BCUT2D eigenvalue weighted by molar-refractivity contribution is 5.82. The normalized spacial score (nSPS) is 17.1. The van der Waals surface area contributed by atoms with E-state index in [1.54, 1.807) is 20.8 Å². The number of hydrogen-bond donors (Lipinski definition) is 6. The number of hydrogen-bond acceptors (Lipinski definition) is 15. The SMILES string of the molecule is CC=CC(=O)OCC(O)CO[C@@H]([C@H](OCC(O)COC(=O)C=CC)[C@@H](CO)OCC(O)COC(=O)C=CC)[C@H](O)CO. The molecule has 15 heteroatoms. The summed E-state index contributed by atoms with van der Waals surface area (Å²) in [4.78, 5) is 34.5. The number of allylic oxidation sites excluding steroid dienone is 3. The quantitative estimate of drug-likeness (QED) is 0.0416. The Morgan fingerprint density at radius 1 is 0.548 bits per heavy atom. The monoisotopic (exact) mass is 608 g/mol. The van der Waals surface area contributed by atoms with Crippen molar-refractivity contribution in [3.05, 3.63) is 36.5 Å². The van der Waals surface area contributed by atoms with Crippen LogP contribution in [0.25, 0.3) is 0 Å². The van der Waals surface area contributed by atoms with E-state index in [0.717, 1.165) is 18.2 Å². The molecular weight excluding hydrogens is 564 g/mol. The van der Waals surface area contributed by atoms with Crippen molar-refractivity contribution >= 4 is 17.9 Å². The van der Waals surface area contributed by atoms with Gasteiger partial charge in [-0.05, 0) is 20.8 Å². The molecule has 0 aliphatic carbocycles. The molecule has 0 aromatic rings. The summed E-state index contributed by atoms with van der Waals surface area (Å²) in [6.07, 6.45) is -2.32. The van der Waals surface area contributed by atoms with Gasteiger partial charge in [0.15, 0.2) is 0 Å². The van der Waals surface area contributed by atoms with E-state index in [0.29, 0.717) is 0 Å². The van der Waals surface area contributed by atoms with Crippen LogP contribution in [0.3, 0.4) is 0 Å². The molecule has 3 unspecified atom stereocenters. The van der Waals surface area contributed by atoms with Crippen LogP contribution in [-0.2, 0) is 42.8 Å². The molecule has 0 fully saturated rings. The molecule has 15 nitrogen and oxygen atoms in total. The van der Waals surface area contributed by atoms with E-state index in [1.807, 2.05) is 0 Å². The Bertz CT molecular complexity index is 843. The van der Waals surface area contributed by atoms with Crippen molar-refractivity contribution in [3.63, 3.8) is 0 Å². The second-order valence-corrected chi connectivity index (χ2v) is 8.75. The lowest BCUT2D eigenvalue weighted by atomic mass is 10.0. The molecule has 242 valence electrons. The first kappa shape index (κ1) is 39.3. The van der Waals surface area contributed by atoms with Crippen LogP contribution in [0, 0.1) is 0 Å². The Kier molecular flexibility index (Phi) is 22.2. The van der Waals surface area contributed by atoms with Crippen molar-refractivity contribution in [1.82, 2.24) is 0 Å². The molecule has 0 spiro atoms. The summed E-state index contributed by atoms with van der Waals surface area (Å²) in [5.74, 6) is -2.12. The van der Waals surface area contributed by atoms with Crippen molar-refractivity contribution in [2.24, 2.45) is 0 Å². The molecule has 0 aromatic carbocycles. The average molecular weight is 609 g/mol. The van der Waals surface area contributed by atoms with Gasteiger partial charge in [-0.1, -0.05) is 18.2 Å². The summed E-state index contributed by atoms with van der Waals surface area (Å²) in [6, 6.07) is 0. The van der Waals surface area contributed by atoms with Gasteiger partial charge in [0.25, 0.3) is 0 Å². The largest absolute Gasteiger partial charge is 0.460 e. The lowest BCUT2D eigenvalue weighted by Gasteiger charge is -2.35. The van der Waals surface area contributed by atoms with Crippen LogP contribution in [0.5, 0.6) is 0 Å².